The molecule has 1 aromatic heterocycles. The number of rotatable bonds is 3. The standard InChI is InChI=1S/C16H27N3O/c1-3-11-6-4-7-12(10-11)14-18-15(20-19-14)16(2)9-5-8-13(16)17/h11-13H,3-10,17H2,1-2H3. The average molecular weight is 277 g/mol. The first kappa shape index (κ1) is 14.1. The molecule has 4 unspecified atom stereocenters. The van der Waals surface area contributed by atoms with Crippen molar-refractivity contribution in [2.24, 2.45) is 11.7 Å². The average Bonchev–Trinajstić information content (AvgIpc) is 3.08. The Morgan fingerprint density at radius 1 is 1.30 bits per heavy atom. The van der Waals surface area contributed by atoms with Crippen molar-refractivity contribution in [2.45, 2.75) is 82.6 Å². The molecule has 2 N–H and O–H groups in total. The zero-order valence-electron chi connectivity index (χ0n) is 12.8. The Labute approximate surface area is 121 Å². The second-order valence-electron chi connectivity index (χ2n) is 7.01. The van der Waals surface area contributed by atoms with Crippen LogP contribution in [0.5, 0.6) is 0 Å². The van der Waals surface area contributed by atoms with E-state index in [2.05, 4.69) is 19.0 Å². The molecule has 0 saturated heterocycles. The van der Waals surface area contributed by atoms with Gasteiger partial charge < -0.3 is 10.3 Å². The highest BCUT2D eigenvalue weighted by Crippen LogP contribution is 2.41. The summed E-state index contributed by atoms with van der Waals surface area (Å²) in [6.45, 7) is 4.46. The van der Waals surface area contributed by atoms with Crippen LogP contribution in [-0.4, -0.2) is 16.2 Å². The molecular weight excluding hydrogens is 250 g/mol. The van der Waals surface area contributed by atoms with Crippen molar-refractivity contribution in [1.82, 2.24) is 10.1 Å². The van der Waals surface area contributed by atoms with Gasteiger partial charge >= 0.3 is 0 Å². The van der Waals surface area contributed by atoms with Crippen molar-refractivity contribution in [1.29, 1.82) is 0 Å². The minimum atomic E-state index is -0.107. The Bertz CT molecular complexity index is 458. The number of aromatic nitrogens is 2. The lowest BCUT2D eigenvalue weighted by Gasteiger charge is -2.26. The summed E-state index contributed by atoms with van der Waals surface area (Å²) in [6, 6.07) is 0.158. The summed E-state index contributed by atoms with van der Waals surface area (Å²) in [5.41, 5.74) is 6.14. The molecule has 2 aliphatic rings. The highest BCUT2D eigenvalue weighted by atomic mass is 16.5. The first-order valence-corrected chi connectivity index (χ1v) is 8.23. The van der Waals surface area contributed by atoms with Gasteiger partial charge in [-0.25, -0.2) is 0 Å². The molecule has 3 rings (SSSR count). The molecule has 4 heteroatoms. The third kappa shape index (κ3) is 2.39. The molecule has 1 heterocycles. The Morgan fingerprint density at radius 2 is 2.15 bits per heavy atom. The molecular formula is C16H27N3O. The largest absolute Gasteiger partial charge is 0.339 e. The van der Waals surface area contributed by atoms with E-state index >= 15 is 0 Å². The van der Waals surface area contributed by atoms with Gasteiger partial charge in [0.25, 0.3) is 0 Å². The number of nitrogens with zero attached hydrogens (tertiary/aromatic N) is 2. The van der Waals surface area contributed by atoms with E-state index in [1.165, 1.54) is 32.1 Å². The third-order valence-electron chi connectivity index (χ3n) is 5.69. The van der Waals surface area contributed by atoms with Gasteiger partial charge in [-0.2, -0.15) is 4.98 Å². The van der Waals surface area contributed by atoms with Crippen LogP contribution in [0.25, 0.3) is 0 Å². The van der Waals surface area contributed by atoms with Gasteiger partial charge in [0.05, 0.1) is 5.41 Å². The van der Waals surface area contributed by atoms with Crippen molar-refractivity contribution in [3.8, 4) is 0 Å². The maximum atomic E-state index is 6.25. The molecule has 0 spiro atoms. The topological polar surface area (TPSA) is 64.9 Å². The molecule has 2 saturated carbocycles. The lowest BCUT2D eigenvalue weighted by Crippen LogP contribution is -2.38. The van der Waals surface area contributed by atoms with Crippen LogP contribution in [0.2, 0.25) is 0 Å². The number of hydrogen-bond acceptors (Lipinski definition) is 4. The second-order valence-corrected chi connectivity index (χ2v) is 7.01. The van der Waals surface area contributed by atoms with Crippen LogP contribution in [0.4, 0.5) is 0 Å². The van der Waals surface area contributed by atoms with Gasteiger partial charge in [0, 0.05) is 12.0 Å². The van der Waals surface area contributed by atoms with Crippen molar-refractivity contribution in [3.05, 3.63) is 11.7 Å². The summed E-state index contributed by atoms with van der Waals surface area (Å²) >= 11 is 0. The highest BCUT2D eigenvalue weighted by Gasteiger charge is 2.43. The monoisotopic (exact) mass is 277 g/mol. The molecule has 4 nitrogen and oxygen atoms in total. The summed E-state index contributed by atoms with van der Waals surface area (Å²) in [5.74, 6) is 3.03. The van der Waals surface area contributed by atoms with Crippen LogP contribution in [-0.2, 0) is 5.41 Å². The predicted molar refractivity (Wildman–Crippen MR) is 78.5 cm³/mol. The van der Waals surface area contributed by atoms with Crippen molar-refractivity contribution >= 4 is 0 Å². The zero-order valence-corrected chi connectivity index (χ0v) is 12.8. The highest BCUT2D eigenvalue weighted by molar-refractivity contribution is 5.13. The van der Waals surface area contributed by atoms with Crippen molar-refractivity contribution < 1.29 is 4.52 Å². The summed E-state index contributed by atoms with van der Waals surface area (Å²) in [5, 5.41) is 4.29. The van der Waals surface area contributed by atoms with Crippen molar-refractivity contribution in [3.63, 3.8) is 0 Å². The van der Waals surface area contributed by atoms with Crippen LogP contribution in [0.1, 0.15) is 82.8 Å². The van der Waals surface area contributed by atoms with E-state index in [4.69, 9.17) is 15.2 Å². The summed E-state index contributed by atoms with van der Waals surface area (Å²) in [6.07, 6.45) is 9.65. The van der Waals surface area contributed by atoms with Gasteiger partial charge in [-0.3, -0.25) is 0 Å². The van der Waals surface area contributed by atoms with Gasteiger partial charge in [-0.1, -0.05) is 37.8 Å². The van der Waals surface area contributed by atoms with Gasteiger partial charge in [-0.15, -0.1) is 0 Å². The van der Waals surface area contributed by atoms with E-state index in [9.17, 15) is 0 Å². The molecule has 1 aromatic rings. The van der Waals surface area contributed by atoms with Crippen LogP contribution in [0, 0.1) is 5.92 Å². The maximum Gasteiger partial charge on any atom is 0.234 e. The number of hydrogen-bond donors (Lipinski definition) is 1. The van der Waals surface area contributed by atoms with Crippen LogP contribution >= 0.6 is 0 Å². The fourth-order valence-corrected chi connectivity index (χ4v) is 3.99. The van der Waals surface area contributed by atoms with E-state index in [1.54, 1.807) is 0 Å². The van der Waals surface area contributed by atoms with E-state index < -0.39 is 0 Å². The minimum Gasteiger partial charge on any atom is -0.339 e. The van der Waals surface area contributed by atoms with Crippen LogP contribution < -0.4 is 5.73 Å². The lowest BCUT2D eigenvalue weighted by atomic mass is 9.80. The molecule has 0 bridgehead atoms. The smallest absolute Gasteiger partial charge is 0.234 e. The molecule has 0 amide bonds. The predicted octanol–water partition coefficient (Wildman–Crippen LogP) is 3.52. The first-order chi connectivity index (χ1) is 9.63. The Kier molecular flexibility index (Phi) is 3.85. The number of nitrogens with two attached hydrogens (primary N) is 1. The molecule has 0 radical (unpaired) electrons. The quantitative estimate of drug-likeness (QED) is 0.918. The summed E-state index contributed by atoms with van der Waals surface area (Å²) in [4.78, 5) is 4.75. The molecule has 2 aliphatic carbocycles. The fourth-order valence-electron chi connectivity index (χ4n) is 3.99. The van der Waals surface area contributed by atoms with E-state index in [0.717, 1.165) is 36.9 Å². The molecule has 2 fully saturated rings. The van der Waals surface area contributed by atoms with Crippen molar-refractivity contribution in [2.75, 3.05) is 0 Å². The second kappa shape index (κ2) is 5.47. The normalized spacial score (nSPS) is 38.2. The van der Waals surface area contributed by atoms with E-state index in [-0.39, 0.29) is 11.5 Å². The van der Waals surface area contributed by atoms with Gasteiger partial charge in [-0.05, 0) is 38.5 Å². The third-order valence-corrected chi connectivity index (χ3v) is 5.69. The summed E-state index contributed by atoms with van der Waals surface area (Å²) in [7, 11) is 0. The SMILES string of the molecule is CCC1CCCC(c2noc(C3(C)CCCC3N)n2)C1. The fraction of sp³-hybridized carbons (Fsp3) is 0.875. The Balaban J connectivity index is 1.76. The van der Waals surface area contributed by atoms with E-state index in [1.807, 2.05) is 0 Å². The van der Waals surface area contributed by atoms with Gasteiger partial charge in [0.15, 0.2) is 5.82 Å². The van der Waals surface area contributed by atoms with Crippen LogP contribution in [0.15, 0.2) is 4.52 Å². The van der Waals surface area contributed by atoms with Gasteiger partial charge in [0.2, 0.25) is 5.89 Å². The molecule has 4 atom stereocenters. The summed E-state index contributed by atoms with van der Waals surface area (Å²) < 4.78 is 5.60. The lowest BCUT2D eigenvalue weighted by molar-refractivity contribution is 0.270. The first-order valence-electron chi connectivity index (χ1n) is 8.23. The Hall–Kier alpha value is -0.900. The Morgan fingerprint density at radius 3 is 2.85 bits per heavy atom. The van der Waals surface area contributed by atoms with Crippen LogP contribution in [0.3, 0.4) is 0 Å². The van der Waals surface area contributed by atoms with E-state index in [0.29, 0.717) is 5.92 Å². The molecule has 0 aliphatic heterocycles. The molecule has 20 heavy (non-hydrogen) atoms. The minimum absolute atomic E-state index is 0.107. The maximum absolute atomic E-state index is 6.25. The molecule has 0 aromatic carbocycles. The molecule has 112 valence electrons. The van der Waals surface area contributed by atoms with Gasteiger partial charge in [0.1, 0.15) is 0 Å². The zero-order chi connectivity index (χ0) is 14.2.